The molecule has 0 bridgehead atoms. The molecule has 0 aromatic carbocycles. The topological polar surface area (TPSA) is 79.4 Å². The molecule has 6 heteroatoms. The molecule has 0 radical (unpaired) electrons. The standard InChI is InChI=1S/C14H24N4O2/c1-6-20-14(19)18-15-8-11-13(10(4)5)17-12(16-11)7-9(2)3/h8-10H,6-7H2,1-5H3,(H,16,17)(H,18,19). The number of imidazole rings is 1. The third-order valence-electron chi connectivity index (χ3n) is 2.61. The molecule has 112 valence electrons. The lowest BCUT2D eigenvalue weighted by molar-refractivity contribution is 0.152. The summed E-state index contributed by atoms with van der Waals surface area (Å²) in [4.78, 5) is 19.0. The Balaban J connectivity index is 2.79. The van der Waals surface area contributed by atoms with Gasteiger partial charge in [-0.3, -0.25) is 0 Å². The van der Waals surface area contributed by atoms with Crippen LogP contribution in [0.2, 0.25) is 0 Å². The number of nitrogens with one attached hydrogen (secondary N) is 2. The van der Waals surface area contributed by atoms with Gasteiger partial charge in [-0.25, -0.2) is 15.2 Å². The van der Waals surface area contributed by atoms with Gasteiger partial charge in [-0.15, -0.1) is 0 Å². The third-order valence-corrected chi connectivity index (χ3v) is 2.61. The fourth-order valence-electron chi connectivity index (χ4n) is 1.78. The summed E-state index contributed by atoms with van der Waals surface area (Å²) in [5.74, 6) is 1.79. The fraction of sp³-hybridized carbons (Fsp3) is 0.643. The summed E-state index contributed by atoms with van der Waals surface area (Å²) in [5.41, 5.74) is 4.08. The van der Waals surface area contributed by atoms with Crippen molar-refractivity contribution in [2.45, 2.75) is 47.0 Å². The number of hydrazone groups is 1. The van der Waals surface area contributed by atoms with Crippen LogP contribution in [-0.4, -0.2) is 28.9 Å². The fourth-order valence-corrected chi connectivity index (χ4v) is 1.78. The molecule has 0 aliphatic heterocycles. The summed E-state index contributed by atoms with van der Waals surface area (Å²) in [6.45, 7) is 10.5. The van der Waals surface area contributed by atoms with E-state index in [4.69, 9.17) is 4.74 Å². The lowest BCUT2D eigenvalue weighted by atomic mass is 10.1. The van der Waals surface area contributed by atoms with E-state index >= 15 is 0 Å². The Bertz CT molecular complexity index is 464. The highest BCUT2D eigenvalue weighted by atomic mass is 16.5. The highest BCUT2D eigenvalue weighted by molar-refractivity contribution is 5.80. The minimum Gasteiger partial charge on any atom is -0.449 e. The molecule has 0 saturated carbocycles. The molecule has 0 aliphatic rings. The van der Waals surface area contributed by atoms with E-state index in [0.29, 0.717) is 18.4 Å². The van der Waals surface area contributed by atoms with Crippen molar-refractivity contribution in [1.29, 1.82) is 0 Å². The Hall–Kier alpha value is -1.85. The molecule has 0 fully saturated rings. The van der Waals surface area contributed by atoms with E-state index < -0.39 is 6.09 Å². The van der Waals surface area contributed by atoms with Gasteiger partial charge in [0.05, 0.1) is 12.8 Å². The van der Waals surface area contributed by atoms with Crippen LogP contribution in [0, 0.1) is 5.92 Å². The lowest BCUT2D eigenvalue weighted by Crippen LogP contribution is -2.18. The van der Waals surface area contributed by atoms with Gasteiger partial charge >= 0.3 is 6.09 Å². The maximum Gasteiger partial charge on any atom is 0.427 e. The molecule has 0 saturated heterocycles. The average molecular weight is 280 g/mol. The second kappa shape index (κ2) is 7.67. The number of hydrogen-bond acceptors (Lipinski definition) is 4. The molecule has 6 nitrogen and oxygen atoms in total. The third kappa shape index (κ3) is 5.03. The first-order valence-corrected chi connectivity index (χ1v) is 6.98. The number of ether oxygens (including phenoxy) is 1. The van der Waals surface area contributed by atoms with Gasteiger partial charge in [-0.1, -0.05) is 27.7 Å². The number of H-pyrrole nitrogens is 1. The number of amides is 1. The summed E-state index contributed by atoms with van der Waals surface area (Å²) >= 11 is 0. The highest BCUT2D eigenvalue weighted by Crippen LogP contribution is 2.17. The first kappa shape index (κ1) is 16.2. The number of rotatable bonds is 6. The molecule has 1 heterocycles. The Morgan fingerprint density at radius 2 is 2.15 bits per heavy atom. The smallest absolute Gasteiger partial charge is 0.427 e. The molecule has 0 unspecified atom stereocenters. The SMILES string of the molecule is CCOC(=O)NN=Cc1nc(CC(C)C)[nH]c1C(C)C. The summed E-state index contributed by atoms with van der Waals surface area (Å²) in [6, 6.07) is 0. The van der Waals surface area contributed by atoms with Gasteiger partial charge in [-0.2, -0.15) is 5.10 Å². The predicted octanol–water partition coefficient (Wildman–Crippen LogP) is 2.81. The number of nitrogens with zero attached hydrogens (tertiary/aromatic N) is 2. The Morgan fingerprint density at radius 3 is 2.70 bits per heavy atom. The van der Waals surface area contributed by atoms with E-state index in [2.05, 4.69) is 48.2 Å². The first-order valence-electron chi connectivity index (χ1n) is 6.98. The van der Waals surface area contributed by atoms with Crippen LogP contribution < -0.4 is 5.43 Å². The minimum atomic E-state index is -0.562. The summed E-state index contributed by atoms with van der Waals surface area (Å²) in [5, 5.41) is 3.86. The van der Waals surface area contributed by atoms with Crippen molar-refractivity contribution in [3.8, 4) is 0 Å². The molecule has 0 spiro atoms. The van der Waals surface area contributed by atoms with Gasteiger partial charge in [0.25, 0.3) is 0 Å². The largest absolute Gasteiger partial charge is 0.449 e. The molecule has 1 aromatic heterocycles. The molecule has 1 amide bonds. The zero-order valence-corrected chi connectivity index (χ0v) is 12.9. The van der Waals surface area contributed by atoms with Crippen LogP contribution in [0.25, 0.3) is 0 Å². The number of carbonyl (C=O) groups is 1. The summed E-state index contributed by atoms with van der Waals surface area (Å²) in [7, 11) is 0. The Kier molecular flexibility index (Phi) is 6.21. The van der Waals surface area contributed by atoms with E-state index in [1.165, 1.54) is 0 Å². The zero-order valence-electron chi connectivity index (χ0n) is 12.9. The Morgan fingerprint density at radius 1 is 1.45 bits per heavy atom. The van der Waals surface area contributed by atoms with E-state index in [9.17, 15) is 4.79 Å². The maximum atomic E-state index is 11.1. The average Bonchev–Trinajstić information content (AvgIpc) is 2.71. The van der Waals surface area contributed by atoms with Crippen molar-refractivity contribution in [3.05, 3.63) is 17.2 Å². The van der Waals surface area contributed by atoms with Crippen LogP contribution in [0.5, 0.6) is 0 Å². The molecule has 20 heavy (non-hydrogen) atoms. The van der Waals surface area contributed by atoms with Crippen molar-refractivity contribution in [3.63, 3.8) is 0 Å². The van der Waals surface area contributed by atoms with Crippen molar-refractivity contribution < 1.29 is 9.53 Å². The number of carbonyl (C=O) groups excluding carboxylic acids is 1. The van der Waals surface area contributed by atoms with E-state index in [1.54, 1.807) is 13.1 Å². The number of hydrogen-bond donors (Lipinski definition) is 2. The van der Waals surface area contributed by atoms with Crippen LogP contribution >= 0.6 is 0 Å². The van der Waals surface area contributed by atoms with Crippen molar-refractivity contribution in [2.24, 2.45) is 11.0 Å². The van der Waals surface area contributed by atoms with E-state index in [-0.39, 0.29) is 0 Å². The maximum absolute atomic E-state index is 11.1. The van der Waals surface area contributed by atoms with Crippen molar-refractivity contribution in [1.82, 2.24) is 15.4 Å². The molecule has 0 atom stereocenters. The van der Waals surface area contributed by atoms with Crippen LogP contribution in [-0.2, 0) is 11.2 Å². The normalized spacial score (nSPS) is 11.6. The summed E-state index contributed by atoms with van der Waals surface area (Å²) in [6.07, 6.45) is 1.87. The Labute approximate surface area is 120 Å². The minimum absolute atomic E-state index is 0.312. The number of aromatic nitrogens is 2. The quantitative estimate of drug-likeness (QED) is 0.621. The summed E-state index contributed by atoms with van der Waals surface area (Å²) < 4.78 is 4.72. The van der Waals surface area contributed by atoms with Gasteiger partial charge in [0.15, 0.2) is 0 Å². The van der Waals surface area contributed by atoms with Crippen molar-refractivity contribution in [2.75, 3.05) is 6.61 Å². The van der Waals surface area contributed by atoms with Crippen molar-refractivity contribution >= 4 is 12.3 Å². The molecular formula is C14H24N4O2. The molecule has 1 rings (SSSR count). The first-order chi connectivity index (χ1) is 9.43. The van der Waals surface area contributed by atoms with E-state index in [0.717, 1.165) is 23.6 Å². The number of aromatic amines is 1. The van der Waals surface area contributed by atoms with Gasteiger partial charge in [-0.05, 0) is 18.8 Å². The van der Waals surface area contributed by atoms with Crippen LogP contribution in [0.15, 0.2) is 5.10 Å². The van der Waals surface area contributed by atoms with Crippen LogP contribution in [0.4, 0.5) is 4.79 Å². The highest BCUT2D eigenvalue weighted by Gasteiger charge is 2.12. The van der Waals surface area contributed by atoms with Crippen LogP contribution in [0.3, 0.4) is 0 Å². The molecule has 0 aliphatic carbocycles. The van der Waals surface area contributed by atoms with Crippen LogP contribution in [0.1, 0.15) is 57.7 Å². The predicted molar refractivity (Wildman–Crippen MR) is 79.0 cm³/mol. The van der Waals surface area contributed by atoms with E-state index in [1.807, 2.05) is 0 Å². The van der Waals surface area contributed by atoms with Gasteiger partial charge < -0.3 is 9.72 Å². The van der Waals surface area contributed by atoms with Gasteiger partial charge in [0.2, 0.25) is 0 Å². The lowest BCUT2D eigenvalue weighted by Gasteiger charge is -2.02. The van der Waals surface area contributed by atoms with Gasteiger partial charge in [0.1, 0.15) is 11.5 Å². The molecular weight excluding hydrogens is 256 g/mol. The monoisotopic (exact) mass is 280 g/mol. The zero-order chi connectivity index (χ0) is 15.1. The molecule has 1 aromatic rings. The second-order valence-electron chi connectivity index (χ2n) is 5.33. The second-order valence-corrected chi connectivity index (χ2v) is 5.33. The van der Waals surface area contributed by atoms with Gasteiger partial charge in [0, 0.05) is 12.1 Å². The molecule has 2 N–H and O–H groups in total.